The number of carbonyl (C=O) groups is 1. The third kappa shape index (κ3) is 4.48. The minimum absolute atomic E-state index is 0. The van der Waals surface area contributed by atoms with Gasteiger partial charge in [-0.2, -0.15) is 5.10 Å². The second kappa shape index (κ2) is 8.82. The fraction of sp³-hybridized carbons (Fsp3) is 0.421. The van der Waals surface area contributed by atoms with Gasteiger partial charge >= 0.3 is 0 Å². The van der Waals surface area contributed by atoms with E-state index in [1.54, 1.807) is 34.2 Å². The quantitative estimate of drug-likeness (QED) is 0.625. The number of hydrogen-bond acceptors (Lipinski definition) is 5. The van der Waals surface area contributed by atoms with Gasteiger partial charge in [0.25, 0.3) is 5.91 Å². The molecule has 3 rings (SSSR count). The average Bonchev–Trinajstić information content (AvgIpc) is 3.15. The Bertz CT molecular complexity index is 914. The number of carbonyl (C=O) groups excluding carboxylic acids is 1. The number of anilines is 1. The molecule has 1 amide bonds. The van der Waals surface area contributed by atoms with E-state index >= 15 is 0 Å². The minimum atomic E-state index is -0.0436. The molecular weight excluding hydrogens is 382 g/mol. The van der Waals surface area contributed by atoms with Gasteiger partial charge in [0.15, 0.2) is 5.13 Å². The summed E-state index contributed by atoms with van der Waals surface area (Å²) in [6.45, 7) is 5.51. The second-order valence-electron chi connectivity index (χ2n) is 6.83. The maximum Gasteiger partial charge on any atom is 0.278 e. The summed E-state index contributed by atoms with van der Waals surface area (Å²) in [4.78, 5) is 22.0. The molecule has 0 spiro atoms. The number of benzene rings is 1. The summed E-state index contributed by atoms with van der Waals surface area (Å²) < 4.78 is 2.75. The molecule has 0 N–H and O–H groups in total. The maximum absolute atomic E-state index is 13.3. The van der Waals surface area contributed by atoms with E-state index in [0.29, 0.717) is 12.2 Å². The molecule has 6 nitrogen and oxygen atoms in total. The Hall–Kier alpha value is -1.96. The number of aryl methyl sites for hydroxylation is 3. The molecule has 0 aliphatic heterocycles. The van der Waals surface area contributed by atoms with Crippen molar-refractivity contribution in [2.24, 2.45) is 7.05 Å². The van der Waals surface area contributed by atoms with Crippen LogP contribution in [0.2, 0.25) is 0 Å². The van der Waals surface area contributed by atoms with Gasteiger partial charge < -0.3 is 4.90 Å². The van der Waals surface area contributed by atoms with Gasteiger partial charge in [-0.1, -0.05) is 23.5 Å². The van der Waals surface area contributed by atoms with E-state index in [2.05, 4.69) is 29.1 Å². The molecule has 1 aromatic carbocycles. The summed E-state index contributed by atoms with van der Waals surface area (Å²) in [5, 5.41) is 4.97. The Morgan fingerprint density at radius 3 is 2.52 bits per heavy atom. The molecule has 27 heavy (non-hydrogen) atoms. The van der Waals surface area contributed by atoms with E-state index < -0.39 is 0 Å². The average molecular weight is 408 g/mol. The molecule has 3 aromatic rings. The van der Waals surface area contributed by atoms with Crippen molar-refractivity contribution in [2.45, 2.75) is 20.3 Å². The van der Waals surface area contributed by atoms with E-state index in [1.165, 1.54) is 0 Å². The molecule has 0 bridgehead atoms. The zero-order valence-electron chi connectivity index (χ0n) is 16.4. The number of fused-ring (bicyclic) bond motifs is 1. The Morgan fingerprint density at radius 2 is 1.93 bits per heavy atom. The first-order valence-electron chi connectivity index (χ1n) is 8.70. The molecule has 0 aliphatic carbocycles. The van der Waals surface area contributed by atoms with Crippen molar-refractivity contribution in [3.05, 3.63) is 41.2 Å². The van der Waals surface area contributed by atoms with Crippen LogP contribution in [-0.2, 0) is 7.05 Å². The van der Waals surface area contributed by atoms with Crippen molar-refractivity contribution in [2.75, 3.05) is 32.1 Å². The van der Waals surface area contributed by atoms with Crippen molar-refractivity contribution in [1.29, 1.82) is 0 Å². The Kier molecular flexibility index (Phi) is 6.97. The highest BCUT2D eigenvalue weighted by atomic mass is 35.5. The van der Waals surface area contributed by atoms with E-state index in [1.807, 2.05) is 27.1 Å². The molecule has 0 saturated heterocycles. The standard InChI is InChI=1S/C19H25N5OS.ClH/c1-13-8-6-9-15-16(13)21-19(26-15)24(11-7-10-22(3)4)18(25)17-14(2)12-20-23(17)5;/h6,8-9,12H,7,10-11H2,1-5H3;1H. The van der Waals surface area contributed by atoms with Crippen LogP contribution in [0.25, 0.3) is 10.2 Å². The predicted molar refractivity (Wildman–Crippen MR) is 114 cm³/mol. The van der Waals surface area contributed by atoms with Crippen molar-refractivity contribution in [3.63, 3.8) is 0 Å². The molecule has 2 aromatic heterocycles. The van der Waals surface area contributed by atoms with Gasteiger partial charge in [-0.15, -0.1) is 12.4 Å². The number of nitrogens with zero attached hydrogens (tertiary/aromatic N) is 5. The maximum atomic E-state index is 13.3. The zero-order valence-corrected chi connectivity index (χ0v) is 18.0. The van der Waals surface area contributed by atoms with E-state index in [0.717, 1.165) is 39.4 Å². The summed E-state index contributed by atoms with van der Waals surface area (Å²) in [5.74, 6) is -0.0436. The highest BCUT2D eigenvalue weighted by Crippen LogP contribution is 2.31. The van der Waals surface area contributed by atoms with Crippen LogP contribution in [-0.4, -0.2) is 52.8 Å². The summed E-state index contributed by atoms with van der Waals surface area (Å²) in [6.07, 6.45) is 2.61. The molecule has 2 heterocycles. The van der Waals surface area contributed by atoms with E-state index in [4.69, 9.17) is 4.98 Å². The van der Waals surface area contributed by atoms with Gasteiger partial charge in [0.1, 0.15) is 5.69 Å². The van der Waals surface area contributed by atoms with Crippen LogP contribution in [0.4, 0.5) is 5.13 Å². The first-order valence-corrected chi connectivity index (χ1v) is 9.51. The SMILES string of the molecule is Cc1cnn(C)c1C(=O)N(CCCN(C)C)c1nc2c(C)cccc2s1.Cl. The lowest BCUT2D eigenvalue weighted by Gasteiger charge is -2.21. The Balaban J connectivity index is 0.00000261. The number of hydrogen-bond donors (Lipinski definition) is 0. The van der Waals surface area contributed by atoms with Crippen molar-refractivity contribution in [3.8, 4) is 0 Å². The third-order valence-electron chi connectivity index (χ3n) is 4.40. The number of thiazole rings is 1. The molecule has 0 aliphatic rings. The van der Waals surface area contributed by atoms with Crippen molar-refractivity contribution in [1.82, 2.24) is 19.7 Å². The molecule has 146 valence electrons. The zero-order chi connectivity index (χ0) is 18.8. The monoisotopic (exact) mass is 407 g/mol. The largest absolute Gasteiger partial charge is 0.309 e. The van der Waals surface area contributed by atoms with Crippen LogP contribution in [0.5, 0.6) is 0 Å². The molecule has 0 saturated carbocycles. The number of aromatic nitrogens is 3. The molecule has 0 atom stereocenters. The highest BCUT2D eigenvalue weighted by Gasteiger charge is 2.25. The van der Waals surface area contributed by atoms with Crippen molar-refractivity contribution < 1.29 is 4.79 Å². The summed E-state index contributed by atoms with van der Waals surface area (Å²) in [5.41, 5.74) is 3.60. The molecule has 0 radical (unpaired) electrons. The van der Waals surface area contributed by atoms with Crippen LogP contribution < -0.4 is 4.90 Å². The van der Waals surface area contributed by atoms with Crippen LogP contribution in [0, 0.1) is 13.8 Å². The third-order valence-corrected chi connectivity index (χ3v) is 5.44. The van der Waals surface area contributed by atoms with Gasteiger partial charge in [-0.05, 0) is 58.1 Å². The predicted octanol–water partition coefficient (Wildman–Crippen LogP) is 3.67. The second-order valence-corrected chi connectivity index (χ2v) is 7.84. The van der Waals surface area contributed by atoms with Crippen LogP contribution in [0.15, 0.2) is 24.4 Å². The summed E-state index contributed by atoms with van der Waals surface area (Å²) in [7, 11) is 5.89. The Morgan fingerprint density at radius 1 is 1.19 bits per heavy atom. The van der Waals surface area contributed by atoms with E-state index in [9.17, 15) is 4.79 Å². The number of halogens is 1. The van der Waals surface area contributed by atoms with Gasteiger partial charge in [0, 0.05) is 13.6 Å². The van der Waals surface area contributed by atoms with E-state index in [-0.39, 0.29) is 18.3 Å². The summed E-state index contributed by atoms with van der Waals surface area (Å²) in [6, 6.07) is 6.14. The first kappa shape index (κ1) is 21.3. The van der Waals surface area contributed by atoms with Crippen LogP contribution in [0.3, 0.4) is 0 Å². The fourth-order valence-electron chi connectivity index (χ4n) is 3.00. The molecule has 0 unspecified atom stereocenters. The topological polar surface area (TPSA) is 54.3 Å². The lowest BCUT2D eigenvalue weighted by atomic mass is 10.2. The lowest BCUT2D eigenvalue weighted by Crippen LogP contribution is -2.35. The molecule has 8 heteroatoms. The smallest absolute Gasteiger partial charge is 0.278 e. The van der Waals surface area contributed by atoms with Crippen LogP contribution >= 0.6 is 23.7 Å². The van der Waals surface area contributed by atoms with Crippen LogP contribution in [0.1, 0.15) is 28.0 Å². The minimum Gasteiger partial charge on any atom is -0.309 e. The normalized spacial score (nSPS) is 11.0. The van der Waals surface area contributed by atoms with Crippen molar-refractivity contribution >= 4 is 45.0 Å². The van der Waals surface area contributed by atoms with Gasteiger partial charge in [-0.3, -0.25) is 14.4 Å². The summed E-state index contributed by atoms with van der Waals surface area (Å²) >= 11 is 1.57. The highest BCUT2D eigenvalue weighted by molar-refractivity contribution is 7.22. The molecular formula is C19H26ClN5OS. The fourth-order valence-corrected chi connectivity index (χ4v) is 4.07. The van der Waals surface area contributed by atoms with Gasteiger partial charge in [0.05, 0.1) is 16.4 Å². The number of rotatable bonds is 6. The molecule has 0 fully saturated rings. The number of amides is 1. The lowest BCUT2D eigenvalue weighted by molar-refractivity contribution is 0.0976. The van der Waals surface area contributed by atoms with Gasteiger partial charge in [0.2, 0.25) is 0 Å². The Labute approximate surface area is 170 Å². The number of para-hydroxylation sites is 1. The first-order chi connectivity index (χ1) is 12.4. The van der Waals surface area contributed by atoms with Gasteiger partial charge in [-0.25, -0.2) is 4.98 Å².